The SMILES string of the molecule is O=C(O)c1cc(NS(=O)(=O)c2ccc3ccccc3c2)ccc1N1CCSCC1. The van der Waals surface area contributed by atoms with Crippen LogP contribution in [-0.2, 0) is 10.0 Å². The van der Waals surface area contributed by atoms with Gasteiger partial charge in [0.1, 0.15) is 0 Å². The van der Waals surface area contributed by atoms with E-state index < -0.39 is 16.0 Å². The Morgan fingerprint density at radius 3 is 2.41 bits per heavy atom. The molecule has 0 radical (unpaired) electrons. The minimum absolute atomic E-state index is 0.0932. The van der Waals surface area contributed by atoms with Crippen LogP contribution in [0.25, 0.3) is 10.8 Å². The van der Waals surface area contributed by atoms with Gasteiger partial charge in [0.2, 0.25) is 0 Å². The van der Waals surface area contributed by atoms with Gasteiger partial charge in [-0.3, -0.25) is 4.72 Å². The second kappa shape index (κ2) is 7.96. The van der Waals surface area contributed by atoms with Crippen molar-refractivity contribution < 1.29 is 18.3 Å². The van der Waals surface area contributed by atoms with E-state index in [4.69, 9.17) is 0 Å². The molecule has 6 nitrogen and oxygen atoms in total. The van der Waals surface area contributed by atoms with Gasteiger partial charge in [0.25, 0.3) is 10.0 Å². The molecule has 1 saturated heterocycles. The molecule has 1 aliphatic heterocycles. The summed E-state index contributed by atoms with van der Waals surface area (Å²) in [6.07, 6.45) is 0. The van der Waals surface area contributed by atoms with E-state index in [0.29, 0.717) is 5.69 Å². The molecule has 0 bridgehead atoms. The summed E-state index contributed by atoms with van der Waals surface area (Å²) in [6.45, 7) is 1.54. The Balaban J connectivity index is 1.65. The molecule has 0 aliphatic carbocycles. The normalized spacial score (nSPS) is 14.7. The molecule has 150 valence electrons. The third-order valence-electron chi connectivity index (χ3n) is 4.86. The largest absolute Gasteiger partial charge is 0.478 e. The summed E-state index contributed by atoms with van der Waals surface area (Å²) in [6, 6.07) is 17.1. The zero-order valence-electron chi connectivity index (χ0n) is 15.5. The van der Waals surface area contributed by atoms with E-state index >= 15 is 0 Å². The smallest absolute Gasteiger partial charge is 0.337 e. The van der Waals surface area contributed by atoms with Gasteiger partial charge in [-0.05, 0) is 41.1 Å². The van der Waals surface area contributed by atoms with Crippen molar-refractivity contribution in [2.45, 2.75) is 4.90 Å². The molecule has 3 aromatic carbocycles. The van der Waals surface area contributed by atoms with E-state index in [0.717, 1.165) is 35.4 Å². The fourth-order valence-corrected chi connectivity index (χ4v) is 5.39. The summed E-state index contributed by atoms with van der Waals surface area (Å²) in [5.74, 6) is 0.801. The lowest BCUT2D eigenvalue weighted by Crippen LogP contribution is -2.33. The lowest BCUT2D eigenvalue weighted by molar-refractivity contribution is 0.0697. The zero-order chi connectivity index (χ0) is 20.4. The molecular weight excluding hydrogens is 408 g/mol. The molecule has 1 fully saturated rings. The number of sulfonamides is 1. The van der Waals surface area contributed by atoms with Crippen LogP contribution >= 0.6 is 11.8 Å². The van der Waals surface area contributed by atoms with Crippen LogP contribution in [0.5, 0.6) is 0 Å². The van der Waals surface area contributed by atoms with Gasteiger partial charge < -0.3 is 10.0 Å². The molecule has 29 heavy (non-hydrogen) atoms. The number of thioether (sulfide) groups is 1. The van der Waals surface area contributed by atoms with E-state index in [-0.39, 0.29) is 16.1 Å². The number of fused-ring (bicyclic) bond motifs is 1. The van der Waals surface area contributed by atoms with Crippen molar-refractivity contribution in [1.82, 2.24) is 0 Å². The summed E-state index contributed by atoms with van der Waals surface area (Å²) in [5.41, 5.74) is 0.938. The Morgan fingerprint density at radius 2 is 1.69 bits per heavy atom. The third-order valence-corrected chi connectivity index (χ3v) is 7.18. The third kappa shape index (κ3) is 4.18. The average Bonchev–Trinajstić information content (AvgIpc) is 2.73. The van der Waals surface area contributed by atoms with Gasteiger partial charge in [-0.2, -0.15) is 11.8 Å². The average molecular weight is 429 g/mol. The lowest BCUT2D eigenvalue weighted by Gasteiger charge is -2.29. The van der Waals surface area contributed by atoms with E-state index in [1.165, 1.54) is 6.07 Å². The minimum Gasteiger partial charge on any atom is -0.478 e. The highest BCUT2D eigenvalue weighted by atomic mass is 32.2. The molecule has 0 unspecified atom stereocenters. The quantitative estimate of drug-likeness (QED) is 0.641. The lowest BCUT2D eigenvalue weighted by atomic mass is 10.1. The Kier molecular flexibility index (Phi) is 5.38. The fraction of sp³-hybridized carbons (Fsp3) is 0.190. The molecule has 0 saturated carbocycles. The summed E-state index contributed by atoms with van der Waals surface area (Å²) in [5, 5.41) is 11.4. The second-order valence-electron chi connectivity index (χ2n) is 6.75. The minimum atomic E-state index is -3.84. The van der Waals surface area contributed by atoms with E-state index in [1.807, 2.05) is 40.9 Å². The van der Waals surface area contributed by atoms with Gasteiger partial charge in [-0.1, -0.05) is 30.3 Å². The maximum Gasteiger partial charge on any atom is 0.337 e. The van der Waals surface area contributed by atoms with Crippen LogP contribution in [0, 0.1) is 0 Å². The van der Waals surface area contributed by atoms with Crippen LogP contribution in [0.2, 0.25) is 0 Å². The van der Waals surface area contributed by atoms with Crippen LogP contribution in [0.4, 0.5) is 11.4 Å². The number of carboxylic acids is 1. The number of nitrogens with zero attached hydrogens (tertiary/aromatic N) is 1. The number of anilines is 2. The van der Waals surface area contributed by atoms with Crippen LogP contribution in [0.15, 0.2) is 65.6 Å². The number of aromatic carboxylic acids is 1. The first-order valence-electron chi connectivity index (χ1n) is 9.16. The Morgan fingerprint density at radius 1 is 0.966 bits per heavy atom. The molecule has 3 aromatic rings. The molecule has 8 heteroatoms. The summed E-state index contributed by atoms with van der Waals surface area (Å²) in [7, 11) is -3.84. The molecule has 1 heterocycles. The number of carbonyl (C=O) groups is 1. The number of benzene rings is 3. The van der Waals surface area contributed by atoms with Gasteiger partial charge in [-0.25, -0.2) is 13.2 Å². The molecular formula is C21H20N2O4S2. The van der Waals surface area contributed by atoms with Crippen LogP contribution in [0.3, 0.4) is 0 Å². The van der Waals surface area contributed by atoms with E-state index in [9.17, 15) is 18.3 Å². The Hall–Kier alpha value is -2.71. The first-order valence-corrected chi connectivity index (χ1v) is 11.8. The van der Waals surface area contributed by atoms with Gasteiger partial charge >= 0.3 is 5.97 Å². The van der Waals surface area contributed by atoms with E-state index in [2.05, 4.69) is 4.72 Å². The van der Waals surface area contributed by atoms with Crippen molar-refractivity contribution in [3.63, 3.8) is 0 Å². The van der Waals surface area contributed by atoms with Crippen molar-refractivity contribution in [2.75, 3.05) is 34.2 Å². The maximum atomic E-state index is 12.8. The van der Waals surface area contributed by atoms with Gasteiger partial charge in [0.15, 0.2) is 0 Å². The van der Waals surface area contributed by atoms with Crippen molar-refractivity contribution in [2.24, 2.45) is 0 Å². The van der Waals surface area contributed by atoms with Gasteiger partial charge in [0.05, 0.1) is 16.1 Å². The predicted octanol–water partition coefficient (Wildman–Crippen LogP) is 3.89. The number of hydrogen-bond donors (Lipinski definition) is 2. The highest BCUT2D eigenvalue weighted by molar-refractivity contribution is 7.99. The topological polar surface area (TPSA) is 86.7 Å². The van der Waals surface area contributed by atoms with Crippen molar-refractivity contribution in [1.29, 1.82) is 0 Å². The van der Waals surface area contributed by atoms with Crippen LogP contribution in [0.1, 0.15) is 10.4 Å². The van der Waals surface area contributed by atoms with Crippen molar-refractivity contribution in [3.8, 4) is 0 Å². The highest BCUT2D eigenvalue weighted by Gasteiger charge is 2.21. The number of nitrogens with one attached hydrogen (secondary N) is 1. The first kappa shape index (κ1) is 19.6. The standard InChI is InChI=1S/C21H20N2O4S2/c24-21(25)19-14-17(6-8-20(19)23-9-11-28-12-10-23)22-29(26,27)18-7-5-15-3-1-2-4-16(15)13-18/h1-8,13-14,22H,9-12H2,(H,24,25). The summed E-state index contributed by atoms with van der Waals surface area (Å²) < 4.78 is 28.2. The van der Waals surface area contributed by atoms with Gasteiger partial charge in [0, 0.05) is 30.3 Å². The Labute approximate surface area is 173 Å². The monoisotopic (exact) mass is 428 g/mol. The molecule has 0 spiro atoms. The molecule has 0 amide bonds. The maximum absolute atomic E-state index is 12.8. The predicted molar refractivity (Wildman–Crippen MR) is 118 cm³/mol. The Bertz CT molecular complexity index is 1170. The summed E-state index contributed by atoms with van der Waals surface area (Å²) in [4.78, 5) is 13.9. The van der Waals surface area contributed by atoms with Crippen LogP contribution < -0.4 is 9.62 Å². The number of rotatable bonds is 5. The molecule has 0 atom stereocenters. The number of carboxylic acid groups (broad SMARTS) is 1. The van der Waals surface area contributed by atoms with Crippen molar-refractivity contribution >= 4 is 49.9 Å². The summed E-state index contributed by atoms with van der Waals surface area (Å²) >= 11 is 1.84. The number of hydrogen-bond acceptors (Lipinski definition) is 5. The molecule has 0 aromatic heterocycles. The second-order valence-corrected chi connectivity index (χ2v) is 9.66. The fourth-order valence-electron chi connectivity index (χ4n) is 3.40. The zero-order valence-corrected chi connectivity index (χ0v) is 17.2. The molecule has 4 rings (SSSR count). The van der Waals surface area contributed by atoms with Gasteiger partial charge in [-0.15, -0.1) is 0 Å². The first-order chi connectivity index (χ1) is 13.9. The van der Waals surface area contributed by atoms with Crippen LogP contribution in [-0.4, -0.2) is 44.1 Å². The highest BCUT2D eigenvalue weighted by Crippen LogP contribution is 2.28. The van der Waals surface area contributed by atoms with Crippen molar-refractivity contribution in [3.05, 3.63) is 66.2 Å². The molecule has 1 aliphatic rings. The van der Waals surface area contributed by atoms with E-state index in [1.54, 1.807) is 30.3 Å². The molecule has 2 N–H and O–H groups in total.